The summed E-state index contributed by atoms with van der Waals surface area (Å²) in [5.41, 5.74) is 2.71. The summed E-state index contributed by atoms with van der Waals surface area (Å²) in [4.78, 5) is 4.79. The van der Waals surface area contributed by atoms with Gasteiger partial charge in [-0.3, -0.25) is 9.58 Å². The highest BCUT2D eigenvalue weighted by Gasteiger charge is 2.30. The Kier molecular flexibility index (Phi) is 3.50. The Morgan fingerprint density at radius 1 is 1.17 bits per heavy atom. The second-order valence-electron chi connectivity index (χ2n) is 6.19. The van der Waals surface area contributed by atoms with Crippen molar-refractivity contribution in [2.75, 3.05) is 24.5 Å². The van der Waals surface area contributed by atoms with Crippen LogP contribution in [0.2, 0.25) is 0 Å². The molecule has 3 heterocycles. The van der Waals surface area contributed by atoms with Crippen LogP contribution in [-0.4, -0.2) is 40.4 Å². The summed E-state index contributed by atoms with van der Waals surface area (Å²) in [6, 6.07) is 11.2. The van der Waals surface area contributed by atoms with Gasteiger partial charge in [0.2, 0.25) is 0 Å². The van der Waals surface area contributed by atoms with E-state index < -0.39 is 0 Å². The van der Waals surface area contributed by atoms with Crippen LogP contribution in [0, 0.1) is 17.1 Å². The molecule has 0 bridgehead atoms. The van der Waals surface area contributed by atoms with Crippen LogP contribution in [0.25, 0.3) is 0 Å². The topological polar surface area (TPSA) is 48.1 Å². The summed E-state index contributed by atoms with van der Waals surface area (Å²) in [6.45, 7) is 4.60. The van der Waals surface area contributed by atoms with Crippen molar-refractivity contribution in [2.45, 2.75) is 25.6 Å². The first-order valence-electron chi connectivity index (χ1n) is 7.94. The fourth-order valence-corrected chi connectivity index (χ4v) is 3.58. The minimum absolute atomic E-state index is 0.193. The molecular weight excluding hydrogens is 293 g/mol. The van der Waals surface area contributed by atoms with E-state index >= 15 is 0 Å². The van der Waals surface area contributed by atoms with Gasteiger partial charge in [0.1, 0.15) is 11.9 Å². The van der Waals surface area contributed by atoms with Gasteiger partial charge in [0, 0.05) is 37.9 Å². The number of hydrogen-bond acceptors (Lipinski definition) is 4. The number of fused-ring (bicyclic) bond motifs is 1. The fraction of sp³-hybridized carbons (Fsp3) is 0.412. The molecule has 4 rings (SSSR count). The van der Waals surface area contributed by atoms with Crippen LogP contribution in [0.1, 0.15) is 17.8 Å². The lowest BCUT2D eigenvalue weighted by Crippen LogP contribution is -2.42. The van der Waals surface area contributed by atoms with Crippen LogP contribution in [0.15, 0.2) is 30.3 Å². The number of hydrogen-bond donors (Lipinski definition) is 0. The Morgan fingerprint density at radius 3 is 2.78 bits per heavy atom. The fourth-order valence-electron chi connectivity index (χ4n) is 3.58. The lowest BCUT2D eigenvalue weighted by Gasteiger charge is -2.32. The van der Waals surface area contributed by atoms with E-state index in [1.54, 1.807) is 0 Å². The summed E-state index contributed by atoms with van der Waals surface area (Å²) < 4.78 is 15.0. The van der Waals surface area contributed by atoms with Crippen LogP contribution < -0.4 is 4.90 Å². The molecule has 1 aromatic carbocycles. The average molecular weight is 311 g/mol. The smallest absolute Gasteiger partial charge is 0.162 e. The number of anilines is 1. The first-order chi connectivity index (χ1) is 11.2. The molecule has 0 unspecified atom stereocenters. The maximum absolute atomic E-state index is 13.1. The Morgan fingerprint density at radius 2 is 2.00 bits per heavy atom. The van der Waals surface area contributed by atoms with Gasteiger partial charge in [-0.1, -0.05) is 0 Å². The van der Waals surface area contributed by atoms with Gasteiger partial charge in [0.15, 0.2) is 5.69 Å². The van der Waals surface area contributed by atoms with E-state index in [1.807, 2.05) is 22.9 Å². The standard InChI is InChI=1S/C17H18FN5/c18-13-1-3-15(4-2-13)21-6-5-16(11-21)22-7-8-23-17(12-22)9-14(10-19)20-23/h1-4,9,16H,5-8,11-12H2/t16-/m0/s1. The van der Waals surface area contributed by atoms with Crippen molar-refractivity contribution in [1.82, 2.24) is 14.7 Å². The number of nitrogens with zero attached hydrogens (tertiary/aromatic N) is 5. The summed E-state index contributed by atoms with van der Waals surface area (Å²) >= 11 is 0. The second-order valence-corrected chi connectivity index (χ2v) is 6.19. The Labute approximate surface area is 134 Å². The molecule has 5 nitrogen and oxygen atoms in total. The molecule has 6 heteroatoms. The van der Waals surface area contributed by atoms with Crippen LogP contribution in [0.4, 0.5) is 10.1 Å². The lowest BCUT2D eigenvalue weighted by molar-refractivity contribution is 0.161. The minimum atomic E-state index is -0.193. The molecule has 0 N–H and O–H groups in total. The molecule has 2 aromatic rings. The van der Waals surface area contributed by atoms with Gasteiger partial charge in [0.25, 0.3) is 0 Å². The van der Waals surface area contributed by atoms with Gasteiger partial charge in [0.05, 0.1) is 12.2 Å². The van der Waals surface area contributed by atoms with Gasteiger partial charge in [-0.25, -0.2) is 4.39 Å². The van der Waals surface area contributed by atoms with Gasteiger partial charge >= 0.3 is 0 Å². The molecule has 1 fully saturated rings. The molecule has 2 aliphatic heterocycles. The van der Waals surface area contributed by atoms with Gasteiger partial charge in [-0.05, 0) is 36.8 Å². The highest BCUT2D eigenvalue weighted by atomic mass is 19.1. The van der Waals surface area contributed by atoms with Crippen molar-refractivity contribution >= 4 is 5.69 Å². The summed E-state index contributed by atoms with van der Waals surface area (Å²) in [5.74, 6) is -0.193. The zero-order valence-corrected chi connectivity index (χ0v) is 12.8. The number of aromatic nitrogens is 2. The molecule has 0 amide bonds. The van der Waals surface area contributed by atoms with Crippen molar-refractivity contribution in [3.63, 3.8) is 0 Å². The van der Waals surface area contributed by atoms with E-state index in [1.165, 1.54) is 12.1 Å². The second kappa shape index (κ2) is 5.67. The first kappa shape index (κ1) is 14.2. The van der Waals surface area contributed by atoms with Crippen molar-refractivity contribution in [2.24, 2.45) is 0 Å². The van der Waals surface area contributed by atoms with Crippen LogP contribution in [0.5, 0.6) is 0 Å². The van der Waals surface area contributed by atoms with Gasteiger partial charge < -0.3 is 4.90 Å². The van der Waals surface area contributed by atoms with Gasteiger partial charge in [-0.15, -0.1) is 0 Å². The van der Waals surface area contributed by atoms with E-state index in [2.05, 4.69) is 21.0 Å². The highest BCUT2D eigenvalue weighted by Crippen LogP contribution is 2.25. The molecule has 0 aliphatic carbocycles. The van der Waals surface area contributed by atoms with E-state index in [9.17, 15) is 4.39 Å². The normalized spacial score (nSPS) is 21.2. The Bertz CT molecular complexity index is 745. The molecule has 1 saturated heterocycles. The number of nitriles is 1. The molecule has 0 radical (unpaired) electrons. The third-order valence-corrected chi connectivity index (χ3v) is 4.81. The quantitative estimate of drug-likeness (QED) is 0.851. The SMILES string of the molecule is N#Cc1cc2n(n1)CCN([C@H]1CCN(c3ccc(F)cc3)C1)C2. The van der Waals surface area contributed by atoms with Crippen molar-refractivity contribution in [3.8, 4) is 6.07 Å². The van der Waals surface area contributed by atoms with Crippen molar-refractivity contribution in [3.05, 3.63) is 47.5 Å². The molecule has 23 heavy (non-hydrogen) atoms. The average Bonchev–Trinajstić information content (AvgIpc) is 3.21. The Balaban J connectivity index is 1.44. The monoisotopic (exact) mass is 311 g/mol. The van der Waals surface area contributed by atoms with Crippen LogP contribution in [0.3, 0.4) is 0 Å². The number of benzene rings is 1. The minimum Gasteiger partial charge on any atom is -0.370 e. The van der Waals surface area contributed by atoms with Crippen molar-refractivity contribution in [1.29, 1.82) is 5.26 Å². The summed E-state index contributed by atoms with van der Waals surface area (Å²) in [6.07, 6.45) is 1.11. The number of halogens is 1. The molecular formula is C17H18FN5. The lowest BCUT2D eigenvalue weighted by atomic mass is 10.2. The third kappa shape index (κ3) is 2.68. The Hall–Kier alpha value is -2.39. The van der Waals surface area contributed by atoms with E-state index in [-0.39, 0.29) is 5.82 Å². The van der Waals surface area contributed by atoms with E-state index in [0.29, 0.717) is 11.7 Å². The number of rotatable bonds is 2. The molecule has 118 valence electrons. The molecule has 1 atom stereocenters. The maximum Gasteiger partial charge on any atom is 0.162 e. The zero-order chi connectivity index (χ0) is 15.8. The van der Waals surface area contributed by atoms with E-state index in [4.69, 9.17) is 5.26 Å². The van der Waals surface area contributed by atoms with E-state index in [0.717, 1.165) is 50.5 Å². The summed E-state index contributed by atoms with van der Waals surface area (Å²) in [7, 11) is 0. The summed E-state index contributed by atoms with van der Waals surface area (Å²) in [5, 5.41) is 13.3. The predicted molar refractivity (Wildman–Crippen MR) is 84.4 cm³/mol. The largest absolute Gasteiger partial charge is 0.370 e. The molecule has 1 aromatic heterocycles. The van der Waals surface area contributed by atoms with Crippen molar-refractivity contribution < 1.29 is 4.39 Å². The molecule has 0 saturated carbocycles. The zero-order valence-electron chi connectivity index (χ0n) is 12.8. The maximum atomic E-state index is 13.1. The van der Waals surface area contributed by atoms with Gasteiger partial charge in [-0.2, -0.15) is 10.4 Å². The third-order valence-electron chi connectivity index (χ3n) is 4.81. The predicted octanol–water partition coefficient (Wildman–Crippen LogP) is 1.99. The molecule has 2 aliphatic rings. The molecule has 0 spiro atoms. The first-order valence-corrected chi connectivity index (χ1v) is 7.94. The van der Waals surface area contributed by atoms with Crippen LogP contribution in [-0.2, 0) is 13.1 Å². The van der Waals surface area contributed by atoms with Crippen LogP contribution >= 0.6 is 0 Å². The highest BCUT2D eigenvalue weighted by molar-refractivity contribution is 5.47.